The monoisotopic (exact) mass is 159 g/mol. The molecule has 62 valence electrons. The molecule has 1 aromatic carbocycles. The lowest BCUT2D eigenvalue weighted by atomic mass is 9.97. The molecule has 0 radical (unpaired) electrons. The normalized spacial score (nSPS) is 17.6. The standard InChI is InChI=1S/C11H13N/c1-9-7-12(2)8-10-5-3-4-6-11(9)10/h3-6H,1,7-8H2,2H3. The Morgan fingerprint density at radius 2 is 2.00 bits per heavy atom. The molecule has 0 saturated carbocycles. The van der Waals surface area contributed by atoms with E-state index in [1.807, 2.05) is 0 Å². The highest BCUT2D eigenvalue weighted by molar-refractivity contribution is 5.68. The van der Waals surface area contributed by atoms with Gasteiger partial charge in [0.15, 0.2) is 0 Å². The van der Waals surface area contributed by atoms with Gasteiger partial charge >= 0.3 is 0 Å². The van der Waals surface area contributed by atoms with Crippen molar-refractivity contribution in [1.29, 1.82) is 0 Å². The summed E-state index contributed by atoms with van der Waals surface area (Å²) in [6, 6.07) is 8.50. The van der Waals surface area contributed by atoms with Crippen molar-refractivity contribution in [3.8, 4) is 0 Å². The Morgan fingerprint density at radius 3 is 2.83 bits per heavy atom. The Balaban J connectivity index is 2.47. The van der Waals surface area contributed by atoms with E-state index in [1.165, 1.54) is 16.7 Å². The van der Waals surface area contributed by atoms with Gasteiger partial charge < -0.3 is 0 Å². The Morgan fingerprint density at radius 1 is 1.25 bits per heavy atom. The minimum Gasteiger partial charge on any atom is -0.298 e. The predicted octanol–water partition coefficient (Wildman–Crippen LogP) is 2.15. The molecule has 0 amide bonds. The molecule has 1 aliphatic rings. The molecular formula is C11H13N. The van der Waals surface area contributed by atoms with Crippen molar-refractivity contribution in [2.75, 3.05) is 13.6 Å². The summed E-state index contributed by atoms with van der Waals surface area (Å²) in [6.45, 7) is 6.11. The van der Waals surface area contributed by atoms with Gasteiger partial charge in [-0.25, -0.2) is 0 Å². The van der Waals surface area contributed by atoms with Gasteiger partial charge in [-0.15, -0.1) is 0 Å². The fourth-order valence-corrected chi connectivity index (χ4v) is 1.76. The Hall–Kier alpha value is -1.08. The van der Waals surface area contributed by atoms with Gasteiger partial charge in [-0.2, -0.15) is 0 Å². The van der Waals surface area contributed by atoms with Crippen molar-refractivity contribution in [2.45, 2.75) is 6.54 Å². The molecule has 0 N–H and O–H groups in total. The van der Waals surface area contributed by atoms with Crippen LogP contribution in [0.4, 0.5) is 0 Å². The van der Waals surface area contributed by atoms with Crippen LogP contribution in [0.3, 0.4) is 0 Å². The van der Waals surface area contributed by atoms with Gasteiger partial charge in [0, 0.05) is 13.1 Å². The van der Waals surface area contributed by atoms with Crippen LogP contribution in [0.15, 0.2) is 30.8 Å². The highest BCUT2D eigenvalue weighted by Crippen LogP contribution is 2.24. The highest BCUT2D eigenvalue weighted by atomic mass is 15.1. The van der Waals surface area contributed by atoms with Gasteiger partial charge in [0.1, 0.15) is 0 Å². The Bertz CT molecular complexity index is 315. The van der Waals surface area contributed by atoms with Crippen LogP contribution in [-0.4, -0.2) is 18.5 Å². The van der Waals surface area contributed by atoms with E-state index in [2.05, 4.69) is 42.8 Å². The van der Waals surface area contributed by atoms with Crippen LogP contribution in [-0.2, 0) is 6.54 Å². The highest BCUT2D eigenvalue weighted by Gasteiger charge is 2.14. The van der Waals surface area contributed by atoms with E-state index >= 15 is 0 Å². The smallest absolute Gasteiger partial charge is 0.0240 e. The van der Waals surface area contributed by atoms with Gasteiger partial charge in [0.25, 0.3) is 0 Å². The molecular weight excluding hydrogens is 146 g/mol. The molecule has 0 fully saturated rings. The Kier molecular flexibility index (Phi) is 1.74. The lowest BCUT2D eigenvalue weighted by molar-refractivity contribution is 0.359. The van der Waals surface area contributed by atoms with E-state index < -0.39 is 0 Å². The number of nitrogens with zero attached hydrogens (tertiary/aromatic N) is 1. The molecule has 0 aliphatic carbocycles. The molecule has 2 rings (SSSR count). The number of hydrogen-bond acceptors (Lipinski definition) is 1. The third-order valence-electron chi connectivity index (χ3n) is 2.30. The second kappa shape index (κ2) is 2.76. The first-order valence-electron chi connectivity index (χ1n) is 4.22. The zero-order valence-electron chi connectivity index (χ0n) is 7.38. The van der Waals surface area contributed by atoms with Crippen LogP contribution in [0.5, 0.6) is 0 Å². The average Bonchev–Trinajstić information content (AvgIpc) is 2.04. The van der Waals surface area contributed by atoms with Crippen LogP contribution in [0.25, 0.3) is 5.57 Å². The van der Waals surface area contributed by atoms with Crippen molar-refractivity contribution >= 4 is 5.57 Å². The molecule has 1 heterocycles. The maximum atomic E-state index is 4.06. The van der Waals surface area contributed by atoms with Gasteiger partial charge in [-0.05, 0) is 23.7 Å². The second-order valence-corrected chi connectivity index (χ2v) is 3.43. The topological polar surface area (TPSA) is 3.24 Å². The van der Waals surface area contributed by atoms with E-state index in [9.17, 15) is 0 Å². The second-order valence-electron chi connectivity index (χ2n) is 3.43. The van der Waals surface area contributed by atoms with E-state index in [1.54, 1.807) is 0 Å². The number of fused-ring (bicyclic) bond motifs is 1. The van der Waals surface area contributed by atoms with Crippen molar-refractivity contribution in [1.82, 2.24) is 4.90 Å². The molecule has 1 heteroatoms. The summed E-state index contributed by atoms with van der Waals surface area (Å²) < 4.78 is 0. The first-order valence-corrected chi connectivity index (χ1v) is 4.22. The molecule has 1 nitrogen and oxygen atoms in total. The summed E-state index contributed by atoms with van der Waals surface area (Å²) in [5, 5.41) is 0. The van der Waals surface area contributed by atoms with Crippen molar-refractivity contribution in [3.05, 3.63) is 42.0 Å². The zero-order chi connectivity index (χ0) is 8.55. The van der Waals surface area contributed by atoms with Crippen molar-refractivity contribution in [3.63, 3.8) is 0 Å². The summed E-state index contributed by atoms with van der Waals surface area (Å²) in [5.74, 6) is 0. The average molecular weight is 159 g/mol. The summed E-state index contributed by atoms with van der Waals surface area (Å²) in [4.78, 5) is 2.28. The van der Waals surface area contributed by atoms with Crippen LogP contribution in [0.1, 0.15) is 11.1 Å². The zero-order valence-corrected chi connectivity index (χ0v) is 7.38. The lowest BCUT2D eigenvalue weighted by Crippen LogP contribution is -2.25. The summed E-state index contributed by atoms with van der Waals surface area (Å²) in [5.41, 5.74) is 3.98. The quantitative estimate of drug-likeness (QED) is 0.560. The van der Waals surface area contributed by atoms with Gasteiger partial charge in [-0.3, -0.25) is 4.90 Å². The molecule has 12 heavy (non-hydrogen) atoms. The summed E-state index contributed by atoms with van der Waals surface area (Å²) >= 11 is 0. The lowest BCUT2D eigenvalue weighted by Gasteiger charge is -2.26. The largest absolute Gasteiger partial charge is 0.298 e. The van der Waals surface area contributed by atoms with Crippen LogP contribution < -0.4 is 0 Å². The molecule has 0 unspecified atom stereocenters. The Labute approximate surface area is 73.3 Å². The van der Waals surface area contributed by atoms with Crippen LogP contribution >= 0.6 is 0 Å². The van der Waals surface area contributed by atoms with Crippen molar-refractivity contribution in [2.24, 2.45) is 0 Å². The number of hydrogen-bond donors (Lipinski definition) is 0. The van der Waals surface area contributed by atoms with E-state index in [-0.39, 0.29) is 0 Å². The summed E-state index contributed by atoms with van der Waals surface area (Å²) in [6.07, 6.45) is 0. The third-order valence-corrected chi connectivity index (χ3v) is 2.30. The van der Waals surface area contributed by atoms with E-state index in [4.69, 9.17) is 0 Å². The number of likely N-dealkylation sites (N-methyl/N-ethyl adjacent to an activating group) is 1. The number of benzene rings is 1. The SMILES string of the molecule is C=C1CN(C)Cc2ccccc21. The molecule has 0 aromatic heterocycles. The van der Waals surface area contributed by atoms with Crippen molar-refractivity contribution < 1.29 is 0 Å². The van der Waals surface area contributed by atoms with Gasteiger partial charge in [-0.1, -0.05) is 30.8 Å². The van der Waals surface area contributed by atoms with Gasteiger partial charge in [0.05, 0.1) is 0 Å². The first-order chi connectivity index (χ1) is 5.77. The number of rotatable bonds is 0. The third kappa shape index (κ3) is 1.16. The molecule has 0 atom stereocenters. The molecule has 1 aliphatic heterocycles. The maximum absolute atomic E-state index is 4.06. The minimum atomic E-state index is 0.997. The minimum absolute atomic E-state index is 0.997. The maximum Gasteiger partial charge on any atom is 0.0240 e. The molecule has 1 aromatic rings. The molecule has 0 spiro atoms. The van der Waals surface area contributed by atoms with E-state index in [0.717, 1.165) is 13.1 Å². The fraction of sp³-hybridized carbons (Fsp3) is 0.273. The summed E-state index contributed by atoms with van der Waals surface area (Å²) in [7, 11) is 2.13. The fourth-order valence-electron chi connectivity index (χ4n) is 1.76. The predicted molar refractivity (Wildman–Crippen MR) is 51.8 cm³/mol. The first kappa shape index (κ1) is 7.56. The van der Waals surface area contributed by atoms with Crippen LogP contribution in [0.2, 0.25) is 0 Å². The van der Waals surface area contributed by atoms with Gasteiger partial charge in [0.2, 0.25) is 0 Å². The van der Waals surface area contributed by atoms with E-state index in [0.29, 0.717) is 0 Å². The van der Waals surface area contributed by atoms with Crippen LogP contribution in [0, 0.1) is 0 Å². The molecule has 0 saturated heterocycles. The molecule has 0 bridgehead atoms.